The molecule has 1 aromatic heterocycles. The molecule has 0 aromatic carbocycles. The Morgan fingerprint density at radius 1 is 1.47 bits per heavy atom. The minimum atomic E-state index is 0.411. The summed E-state index contributed by atoms with van der Waals surface area (Å²) in [4.78, 5) is 4.42. The van der Waals surface area contributed by atoms with E-state index in [9.17, 15) is 0 Å². The molecular formula is C9H14ClN3S2. The molecule has 1 saturated heterocycles. The van der Waals surface area contributed by atoms with E-state index in [0.29, 0.717) is 16.4 Å². The van der Waals surface area contributed by atoms with Gasteiger partial charge in [-0.3, -0.25) is 5.10 Å². The van der Waals surface area contributed by atoms with Crippen molar-refractivity contribution in [3.63, 3.8) is 0 Å². The van der Waals surface area contributed by atoms with Crippen LogP contribution in [0.3, 0.4) is 0 Å². The van der Waals surface area contributed by atoms with Crippen molar-refractivity contribution in [1.82, 2.24) is 15.2 Å². The lowest BCUT2D eigenvalue weighted by Gasteiger charge is -2.27. The van der Waals surface area contributed by atoms with Crippen LogP contribution in [0.5, 0.6) is 0 Å². The maximum atomic E-state index is 5.70. The topological polar surface area (TPSA) is 41.6 Å². The van der Waals surface area contributed by atoms with Gasteiger partial charge in [0, 0.05) is 16.8 Å². The van der Waals surface area contributed by atoms with Crippen LogP contribution in [0.4, 0.5) is 0 Å². The molecule has 6 heteroatoms. The van der Waals surface area contributed by atoms with E-state index in [0.717, 1.165) is 11.6 Å². The fourth-order valence-electron chi connectivity index (χ4n) is 1.64. The van der Waals surface area contributed by atoms with E-state index in [1.165, 1.54) is 17.9 Å². The Labute approximate surface area is 103 Å². The largest absolute Gasteiger partial charge is 0.262 e. The quantitative estimate of drug-likeness (QED) is 0.852. The smallest absolute Gasteiger partial charge is 0.164 e. The number of hydrogen-bond acceptors (Lipinski definition) is 4. The van der Waals surface area contributed by atoms with Gasteiger partial charge in [-0.05, 0) is 6.42 Å². The normalized spacial score (nSPS) is 26.8. The lowest BCUT2D eigenvalue weighted by Crippen LogP contribution is -2.19. The fourth-order valence-corrected chi connectivity index (χ4v) is 4.75. The van der Waals surface area contributed by atoms with E-state index >= 15 is 0 Å². The number of aromatic nitrogens is 3. The van der Waals surface area contributed by atoms with E-state index in [1.807, 2.05) is 23.5 Å². The first kappa shape index (κ1) is 11.6. The molecule has 0 bridgehead atoms. The fraction of sp³-hybridized carbons (Fsp3) is 0.778. The Kier molecular flexibility index (Phi) is 4.22. The zero-order valence-electron chi connectivity index (χ0n) is 8.57. The third-order valence-corrected chi connectivity index (χ3v) is 5.88. The summed E-state index contributed by atoms with van der Waals surface area (Å²) in [6.45, 7) is 2.23. The number of aromatic amines is 1. The van der Waals surface area contributed by atoms with Gasteiger partial charge in [0.05, 0.1) is 11.1 Å². The summed E-state index contributed by atoms with van der Waals surface area (Å²) in [5, 5.41) is 8.21. The van der Waals surface area contributed by atoms with Gasteiger partial charge in [0.1, 0.15) is 5.82 Å². The van der Waals surface area contributed by atoms with E-state index < -0.39 is 0 Å². The van der Waals surface area contributed by atoms with E-state index in [1.54, 1.807) is 0 Å². The number of rotatable bonds is 3. The molecule has 1 aliphatic heterocycles. The van der Waals surface area contributed by atoms with Crippen LogP contribution in [0.15, 0.2) is 0 Å². The van der Waals surface area contributed by atoms with Crippen LogP contribution in [0.2, 0.25) is 0 Å². The van der Waals surface area contributed by atoms with Gasteiger partial charge in [0.15, 0.2) is 5.82 Å². The lowest BCUT2D eigenvalue weighted by molar-refractivity contribution is 0.753. The van der Waals surface area contributed by atoms with Crippen molar-refractivity contribution in [3.8, 4) is 0 Å². The Morgan fingerprint density at radius 2 is 2.27 bits per heavy atom. The molecule has 2 unspecified atom stereocenters. The second-order valence-corrected chi connectivity index (χ2v) is 6.25. The van der Waals surface area contributed by atoms with Gasteiger partial charge in [-0.15, -0.1) is 23.4 Å². The molecule has 3 nitrogen and oxygen atoms in total. The lowest BCUT2D eigenvalue weighted by atomic mass is 10.2. The molecule has 0 amide bonds. The first-order valence-electron chi connectivity index (χ1n) is 5.05. The first-order valence-corrected chi connectivity index (χ1v) is 7.68. The number of alkyl halides is 1. The first-order chi connectivity index (χ1) is 7.35. The van der Waals surface area contributed by atoms with E-state index in [-0.39, 0.29) is 0 Å². The molecule has 1 N–H and O–H groups in total. The summed E-state index contributed by atoms with van der Waals surface area (Å²) in [6, 6.07) is 0. The zero-order valence-corrected chi connectivity index (χ0v) is 11.0. The predicted molar refractivity (Wildman–Crippen MR) is 67.7 cm³/mol. The van der Waals surface area contributed by atoms with Crippen molar-refractivity contribution < 1.29 is 0 Å². The average Bonchev–Trinajstić information content (AvgIpc) is 2.77. The average molecular weight is 264 g/mol. The predicted octanol–water partition coefficient (Wildman–Crippen LogP) is 2.84. The third kappa shape index (κ3) is 2.63. The van der Waals surface area contributed by atoms with Crippen LogP contribution in [0.25, 0.3) is 0 Å². The van der Waals surface area contributed by atoms with Gasteiger partial charge in [0.25, 0.3) is 0 Å². The molecule has 2 atom stereocenters. The van der Waals surface area contributed by atoms with Crippen molar-refractivity contribution in [2.75, 3.05) is 11.5 Å². The molecule has 15 heavy (non-hydrogen) atoms. The van der Waals surface area contributed by atoms with Crippen LogP contribution in [0, 0.1) is 0 Å². The molecule has 0 saturated carbocycles. The highest BCUT2D eigenvalue weighted by Gasteiger charge is 2.29. The van der Waals surface area contributed by atoms with E-state index in [4.69, 9.17) is 11.6 Å². The van der Waals surface area contributed by atoms with Crippen molar-refractivity contribution in [1.29, 1.82) is 0 Å². The maximum Gasteiger partial charge on any atom is 0.164 e. The second kappa shape index (κ2) is 5.46. The Bertz CT molecular complexity index is 318. The van der Waals surface area contributed by atoms with Gasteiger partial charge in [0.2, 0.25) is 0 Å². The summed E-state index contributed by atoms with van der Waals surface area (Å²) in [5.41, 5.74) is 0. The summed E-state index contributed by atoms with van der Waals surface area (Å²) in [5.74, 6) is 4.55. The zero-order chi connectivity index (χ0) is 10.7. The summed E-state index contributed by atoms with van der Waals surface area (Å²) >= 11 is 9.70. The van der Waals surface area contributed by atoms with Crippen molar-refractivity contribution in [2.24, 2.45) is 0 Å². The Hall–Kier alpha value is 0.130. The molecule has 84 valence electrons. The molecule has 1 aromatic rings. The van der Waals surface area contributed by atoms with Crippen LogP contribution in [-0.2, 0) is 5.88 Å². The summed E-state index contributed by atoms with van der Waals surface area (Å²) in [6.07, 6.45) is 1.17. The van der Waals surface area contributed by atoms with E-state index in [2.05, 4.69) is 22.1 Å². The molecule has 1 fully saturated rings. The molecule has 1 aliphatic rings. The molecule has 0 aliphatic carbocycles. The third-order valence-electron chi connectivity index (χ3n) is 2.38. The second-order valence-electron chi connectivity index (χ2n) is 3.38. The molecule has 2 heterocycles. The monoisotopic (exact) mass is 263 g/mol. The molecule has 0 spiro atoms. The van der Waals surface area contributed by atoms with Gasteiger partial charge in [-0.2, -0.15) is 16.9 Å². The van der Waals surface area contributed by atoms with Crippen LogP contribution >= 0.6 is 35.1 Å². The maximum absolute atomic E-state index is 5.70. The van der Waals surface area contributed by atoms with Gasteiger partial charge in [-0.25, -0.2) is 4.98 Å². The number of hydrogen-bond donors (Lipinski definition) is 1. The number of H-pyrrole nitrogens is 1. The highest BCUT2D eigenvalue weighted by molar-refractivity contribution is 8.06. The highest BCUT2D eigenvalue weighted by atomic mass is 35.5. The standard InChI is InChI=1S/C9H14ClN3S2/c1-2-6-8(15-4-3-14-6)9-11-7(5-10)12-13-9/h6,8H,2-5H2,1H3,(H,11,12,13). The van der Waals surface area contributed by atoms with Crippen molar-refractivity contribution >= 4 is 35.1 Å². The van der Waals surface area contributed by atoms with Gasteiger partial charge < -0.3 is 0 Å². The van der Waals surface area contributed by atoms with Gasteiger partial charge in [-0.1, -0.05) is 6.92 Å². The van der Waals surface area contributed by atoms with Crippen LogP contribution in [-0.4, -0.2) is 31.9 Å². The summed E-state index contributed by atoms with van der Waals surface area (Å²) < 4.78 is 0. The summed E-state index contributed by atoms with van der Waals surface area (Å²) in [7, 11) is 0. The van der Waals surface area contributed by atoms with Crippen LogP contribution in [0.1, 0.15) is 30.2 Å². The van der Waals surface area contributed by atoms with Crippen LogP contribution < -0.4 is 0 Å². The minimum absolute atomic E-state index is 0.411. The molecule has 2 rings (SSSR count). The highest BCUT2D eigenvalue weighted by Crippen LogP contribution is 2.42. The Morgan fingerprint density at radius 3 is 2.93 bits per heavy atom. The minimum Gasteiger partial charge on any atom is -0.262 e. The van der Waals surface area contributed by atoms with Gasteiger partial charge >= 0.3 is 0 Å². The Balaban J connectivity index is 2.12. The van der Waals surface area contributed by atoms with Crippen molar-refractivity contribution in [3.05, 3.63) is 11.6 Å². The SMILES string of the molecule is CCC1SCCSC1c1n[nH]c(CCl)n1. The molecular weight excluding hydrogens is 250 g/mol. The molecule has 0 radical (unpaired) electrons. The number of nitrogens with zero attached hydrogens (tertiary/aromatic N) is 2. The van der Waals surface area contributed by atoms with Crippen molar-refractivity contribution in [2.45, 2.75) is 29.7 Å². The number of nitrogens with one attached hydrogen (secondary N) is 1. The number of halogens is 1. The number of thioether (sulfide) groups is 2.